The summed E-state index contributed by atoms with van der Waals surface area (Å²) in [5, 5.41) is 3.25. The topological polar surface area (TPSA) is 49.6 Å². The Morgan fingerprint density at radius 1 is 0.952 bits per heavy atom. The van der Waals surface area contributed by atoms with Crippen molar-refractivity contribution in [3.05, 3.63) is 48.0 Å². The maximum atomic E-state index is 12.6. The summed E-state index contributed by atoms with van der Waals surface area (Å²) in [7, 11) is 0. The second-order valence-corrected chi connectivity index (χ2v) is 6.04. The van der Waals surface area contributed by atoms with Gasteiger partial charge in [-0.05, 0) is 5.56 Å². The zero-order valence-electron chi connectivity index (χ0n) is 11.3. The number of hydrazine groups is 1. The molecule has 2 unspecified atom stereocenters. The van der Waals surface area contributed by atoms with Gasteiger partial charge in [0.15, 0.2) is 0 Å². The first-order valence-electron chi connectivity index (χ1n) is 7.29. The summed E-state index contributed by atoms with van der Waals surface area (Å²) in [6.45, 7) is 0.727. The minimum Gasteiger partial charge on any atom is -0.365 e. The third-order valence-electron chi connectivity index (χ3n) is 4.91. The molecule has 6 atom stereocenters. The zero-order chi connectivity index (χ0) is 14.1. The Labute approximate surface area is 121 Å². The fourth-order valence-corrected chi connectivity index (χ4v) is 3.84. The van der Waals surface area contributed by atoms with Crippen LogP contribution in [0.4, 0.5) is 0 Å². The fraction of sp³-hybridized carbons (Fsp3) is 0.375. The van der Waals surface area contributed by atoms with Crippen molar-refractivity contribution >= 4 is 11.8 Å². The molecule has 1 aromatic carbocycles. The van der Waals surface area contributed by atoms with Gasteiger partial charge >= 0.3 is 0 Å². The molecule has 3 fully saturated rings. The van der Waals surface area contributed by atoms with E-state index in [0.717, 1.165) is 12.1 Å². The van der Waals surface area contributed by atoms with E-state index in [1.807, 2.05) is 47.5 Å². The average molecular weight is 282 g/mol. The molecule has 5 rings (SSSR count). The lowest BCUT2D eigenvalue weighted by molar-refractivity contribution is -0.153. The lowest BCUT2D eigenvalue weighted by Crippen LogP contribution is -2.39. The number of rotatable bonds is 2. The zero-order valence-corrected chi connectivity index (χ0v) is 11.3. The molecule has 0 radical (unpaired) electrons. The second kappa shape index (κ2) is 3.81. The summed E-state index contributed by atoms with van der Waals surface area (Å²) in [5.74, 6) is -0.824. The van der Waals surface area contributed by atoms with Gasteiger partial charge in [0, 0.05) is 6.54 Å². The molecule has 3 saturated heterocycles. The molecule has 1 aromatic rings. The van der Waals surface area contributed by atoms with Crippen LogP contribution >= 0.6 is 0 Å². The Bertz CT molecular complexity index is 641. The van der Waals surface area contributed by atoms with E-state index in [9.17, 15) is 9.59 Å². The van der Waals surface area contributed by atoms with E-state index in [1.165, 1.54) is 5.01 Å². The van der Waals surface area contributed by atoms with Gasteiger partial charge in [-0.2, -0.15) is 0 Å². The van der Waals surface area contributed by atoms with Crippen LogP contribution < -0.4 is 0 Å². The number of hydrogen-bond acceptors (Lipinski definition) is 4. The van der Waals surface area contributed by atoms with Gasteiger partial charge in [-0.3, -0.25) is 9.59 Å². The number of nitrogens with zero attached hydrogens (tertiary/aromatic N) is 2. The van der Waals surface area contributed by atoms with Crippen LogP contribution in [0.25, 0.3) is 0 Å². The van der Waals surface area contributed by atoms with E-state index < -0.39 is 0 Å². The average Bonchev–Trinajstić information content (AvgIpc) is 2.89. The normalized spacial score (nSPS) is 42.8. The van der Waals surface area contributed by atoms with Crippen LogP contribution in [0.15, 0.2) is 42.5 Å². The number of imide groups is 1. The summed E-state index contributed by atoms with van der Waals surface area (Å²) in [4.78, 5) is 25.2. The first-order valence-corrected chi connectivity index (χ1v) is 7.29. The summed E-state index contributed by atoms with van der Waals surface area (Å²) in [6.07, 6.45) is 3.41. The number of ether oxygens (including phenoxy) is 1. The van der Waals surface area contributed by atoms with Gasteiger partial charge in [-0.1, -0.05) is 42.5 Å². The highest BCUT2D eigenvalue weighted by molar-refractivity contribution is 6.06. The molecular formula is C16H14N2O3. The highest BCUT2D eigenvalue weighted by Crippen LogP contribution is 2.48. The maximum absolute atomic E-state index is 12.6. The first-order chi connectivity index (χ1) is 10.3. The molecule has 5 heteroatoms. The minimum atomic E-state index is -0.315. The lowest BCUT2D eigenvalue weighted by Gasteiger charge is -2.19. The van der Waals surface area contributed by atoms with Crippen molar-refractivity contribution in [3.63, 3.8) is 0 Å². The third-order valence-corrected chi connectivity index (χ3v) is 4.91. The van der Waals surface area contributed by atoms with Gasteiger partial charge in [0.05, 0.1) is 30.1 Å². The predicted molar refractivity (Wildman–Crippen MR) is 72.5 cm³/mol. The van der Waals surface area contributed by atoms with Crippen molar-refractivity contribution in [3.8, 4) is 0 Å². The van der Waals surface area contributed by atoms with Gasteiger partial charge in [-0.25, -0.2) is 10.0 Å². The number of amides is 2. The molecule has 2 amide bonds. The molecular weight excluding hydrogens is 268 g/mol. The van der Waals surface area contributed by atoms with Crippen molar-refractivity contribution < 1.29 is 14.3 Å². The van der Waals surface area contributed by atoms with Crippen LogP contribution in [0.5, 0.6) is 0 Å². The number of hydrogen-bond donors (Lipinski definition) is 0. The molecule has 0 spiro atoms. The standard InChI is InChI=1S/C16H14N2O3/c19-15-13-11-6-7-12(21-11)14(13)16(20)18(15)17-8-10(17)9-4-2-1-3-5-9/h1-7,10-14H,8H2/t10?,11-,12+,13-,14+,17?. The molecule has 0 saturated carbocycles. The van der Waals surface area contributed by atoms with E-state index in [1.54, 1.807) is 0 Å². The van der Waals surface area contributed by atoms with Crippen molar-refractivity contribution in [1.29, 1.82) is 0 Å². The van der Waals surface area contributed by atoms with E-state index in [0.29, 0.717) is 0 Å². The largest absolute Gasteiger partial charge is 0.365 e. The number of benzene rings is 1. The fourth-order valence-electron chi connectivity index (χ4n) is 3.84. The lowest BCUT2D eigenvalue weighted by atomic mass is 9.85. The molecule has 5 nitrogen and oxygen atoms in total. The monoisotopic (exact) mass is 282 g/mol. The number of fused-ring (bicyclic) bond motifs is 5. The summed E-state index contributed by atoms with van der Waals surface area (Å²) >= 11 is 0. The smallest absolute Gasteiger partial charge is 0.250 e. The SMILES string of the molecule is O=C1[C@@H]2[C@H](C(=O)N1N1CC1c1ccccc1)[C@H]1C=C[C@@H]2O1. The highest BCUT2D eigenvalue weighted by Gasteiger charge is 2.64. The molecule has 2 bridgehead atoms. The minimum absolute atomic E-state index is 0.0970. The summed E-state index contributed by atoms with van der Waals surface area (Å²) < 4.78 is 5.64. The molecule has 0 N–H and O–H groups in total. The quantitative estimate of drug-likeness (QED) is 0.459. The Balaban J connectivity index is 1.43. The third kappa shape index (κ3) is 1.42. The second-order valence-electron chi connectivity index (χ2n) is 6.04. The van der Waals surface area contributed by atoms with Crippen LogP contribution in [-0.2, 0) is 14.3 Å². The van der Waals surface area contributed by atoms with Gasteiger partial charge in [0.1, 0.15) is 0 Å². The van der Waals surface area contributed by atoms with E-state index in [4.69, 9.17) is 4.74 Å². The molecule has 4 heterocycles. The Morgan fingerprint density at radius 3 is 2.19 bits per heavy atom. The van der Waals surface area contributed by atoms with E-state index in [-0.39, 0.29) is 41.9 Å². The van der Waals surface area contributed by atoms with Gasteiger partial charge in [-0.15, -0.1) is 0 Å². The van der Waals surface area contributed by atoms with E-state index in [2.05, 4.69) is 0 Å². The highest BCUT2D eigenvalue weighted by atomic mass is 16.5. The Hall–Kier alpha value is -1.98. The number of carbonyl (C=O) groups is 2. The van der Waals surface area contributed by atoms with Crippen molar-refractivity contribution in [2.45, 2.75) is 18.2 Å². The molecule has 0 aliphatic carbocycles. The van der Waals surface area contributed by atoms with E-state index >= 15 is 0 Å². The van der Waals surface area contributed by atoms with Gasteiger partial charge in [0.25, 0.3) is 11.8 Å². The van der Waals surface area contributed by atoms with Crippen LogP contribution in [0, 0.1) is 11.8 Å². The van der Waals surface area contributed by atoms with Crippen LogP contribution in [-0.4, -0.2) is 40.6 Å². The van der Waals surface area contributed by atoms with Crippen LogP contribution in [0.2, 0.25) is 0 Å². The first kappa shape index (κ1) is 11.7. The molecule has 0 aromatic heterocycles. The van der Waals surface area contributed by atoms with Crippen molar-refractivity contribution in [2.24, 2.45) is 11.8 Å². The molecule has 4 aliphatic rings. The van der Waals surface area contributed by atoms with Crippen LogP contribution in [0.3, 0.4) is 0 Å². The Kier molecular flexibility index (Phi) is 2.11. The number of carbonyl (C=O) groups excluding carboxylic acids is 2. The van der Waals surface area contributed by atoms with Crippen LogP contribution in [0.1, 0.15) is 11.6 Å². The predicted octanol–water partition coefficient (Wildman–Crippen LogP) is 0.897. The Morgan fingerprint density at radius 2 is 1.57 bits per heavy atom. The molecule has 4 aliphatic heterocycles. The van der Waals surface area contributed by atoms with Crippen molar-refractivity contribution in [2.75, 3.05) is 6.54 Å². The maximum Gasteiger partial charge on any atom is 0.250 e. The van der Waals surface area contributed by atoms with Crippen molar-refractivity contribution in [1.82, 2.24) is 10.0 Å². The van der Waals surface area contributed by atoms with Gasteiger partial charge in [0.2, 0.25) is 0 Å². The van der Waals surface area contributed by atoms with Gasteiger partial charge < -0.3 is 4.74 Å². The summed E-state index contributed by atoms with van der Waals surface area (Å²) in [5.41, 5.74) is 1.15. The summed E-state index contributed by atoms with van der Waals surface area (Å²) in [6, 6.07) is 10.1. The molecule has 106 valence electrons. The molecule has 21 heavy (non-hydrogen) atoms.